The quantitative estimate of drug-likeness (QED) is 0.641. The number of fused-ring (bicyclic) bond motifs is 1. The van der Waals surface area contributed by atoms with Crippen molar-refractivity contribution < 1.29 is 9.59 Å². The Morgan fingerprint density at radius 3 is 2.35 bits per heavy atom. The zero-order valence-electron chi connectivity index (χ0n) is 12.0. The lowest BCUT2D eigenvalue weighted by Crippen LogP contribution is -2.29. The minimum atomic E-state index is -0.513. The minimum Gasteiger partial charge on any atom is -0.270 e. The molecule has 0 bridgehead atoms. The molecule has 2 aromatic rings. The predicted molar refractivity (Wildman–Crippen MR) is 81.9 cm³/mol. The van der Waals surface area contributed by atoms with E-state index in [9.17, 15) is 14.5 Å². The number of carbonyl (C=O) groups excluding carboxylic acids is 2. The molecule has 2 aromatic carbocycles. The van der Waals surface area contributed by atoms with Gasteiger partial charge in [0, 0.05) is 0 Å². The Kier molecular flexibility index (Phi) is 3.69. The molecule has 0 fully saturated rings. The molecule has 6 heteroatoms. The predicted octanol–water partition coefficient (Wildman–Crippen LogP) is 2.95. The summed E-state index contributed by atoms with van der Waals surface area (Å²) in [6, 6.07) is 13.6. The minimum absolute atomic E-state index is 0.0206. The van der Waals surface area contributed by atoms with Gasteiger partial charge in [0.15, 0.2) is 0 Å². The first-order valence-electron chi connectivity index (χ1n) is 6.93. The van der Waals surface area contributed by atoms with Crippen LogP contribution >= 0.6 is 0 Å². The molecule has 1 aliphatic rings. The summed E-state index contributed by atoms with van der Waals surface area (Å²) in [4.78, 5) is 36.7. The van der Waals surface area contributed by atoms with E-state index in [1.54, 1.807) is 24.3 Å². The van der Waals surface area contributed by atoms with Gasteiger partial charge in [0.2, 0.25) is 0 Å². The van der Waals surface area contributed by atoms with Crippen LogP contribution in [0.3, 0.4) is 0 Å². The summed E-state index contributed by atoms with van der Waals surface area (Å²) >= 11 is 0. The molecule has 0 aromatic heterocycles. The molecule has 1 aliphatic heterocycles. The van der Waals surface area contributed by atoms with Crippen molar-refractivity contribution in [3.63, 3.8) is 0 Å². The Morgan fingerprint density at radius 2 is 1.70 bits per heavy atom. The van der Waals surface area contributed by atoms with Gasteiger partial charge in [-0.05, 0) is 28.4 Å². The highest BCUT2D eigenvalue weighted by Crippen LogP contribution is 2.31. The third-order valence-corrected chi connectivity index (χ3v) is 3.72. The van der Waals surface area contributed by atoms with Crippen LogP contribution < -0.4 is 0 Å². The molecule has 2 amide bonds. The second kappa shape index (κ2) is 5.81. The highest BCUT2D eigenvalue weighted by molar-refractivity contribution is 6.23. The molecule has 0 spiro atoms. The van der Waals surface area contributed by atoms with Gasteiger partial charge in [0.25, 0.3) is 11.8 Å². The number of amides is 2. The monoisotopic (exact) mass is 305 g/mol. The van der Waals surface area contributed by atoms with Crippen molar-refractivity contribution in [3.8, 4) is 6.07 Å². The number of hydrogen-bond donors (Lipinski definition) is 0. The van der Waals surface area contributed by atoms with Crippen LogP contribution in [-0.4, -0.2) is 16.7 Å². The van der Waals surface area contributed by atoms with E-state index in [0.717, 1.165) is 16.0 Å². The SMILES string of the molecule is N#CCc1ccc(CN2C(=O)c3cccc(N=O)c3C2=O)cc1. The summed E-state index contributed by atoms with van der Waals surface area (Å²) in [5.74, 6) is -0.946. The summed E-state index contributed by atoms with van der Waals surface area (Å²) in [6.45, 7) is 0.109. The third-order valence-electron chi connectivity index (χ3n) is 3.72. The average molecular weight is 305 g/mol. The molecule has 0 radical (unpaired) electrons. The summed E-state index contributed by atoms with van der Waals surface area (Å²) in [7, 11) is 0. The topological polar surface area (TPSA) is 90.6 Å². The van der Waals surface area contributed by atoms with Gasteiger partial charge in [0.05, 0.1) is 30.2 Å². The lowest BCUT2D eigenvalue weighted by atomic mass is 10.1. The van der Waals surface area contributed by atoms with Gasteiger partial charge in [-0.2, -0.15) is 5.26 Å². The number of imide groups is 1. The molecule has 0 N–H and O–H groups in total. The van der Waals surface area contributed by atoms with E-state index in [1.807, 2.05) is 0 Å². The maximum Gasteiger partial charge on any atom is 0.264 e. The van der Waals surface area contributed by atoms with Crippen molar-refractivity contribution in [2.45, 2.75) is 13.0 Å². The Balaban J connectivity index is 1.88. The first kappa shape index (κ1) is 14.6. The van der Waals surface area contributed by atoms with Gasteiger partial charge in [-0.15, -0.1) is 4.91 Å². The fourth-order valence-electron chi connectivity index (χ4n) is 2.57. The van der Waals surface area contributed by atoms with Gasteiger partial charge >= 0.3 is 0 Å². The van der Waals surface area contributed by atoms with Gasteiger partial charge in [-0.3, -0.25) is 14.5 Å². The van der Waals surface area contributed by atoms with Crippen LogP contribution in [0.2, 0.25) is 0 Å². The number of benzene rings is 2. The van der Waals surface area contributed by atoms with Gasteiger partial charge in [-0.25, -0.2) is 0 Å². The van der Waals surface area contributed by atoms with Crippen LogP contribution in [0, 0.1) is 16.2 Å². The molecule has 0 saturated carbocycles. The van der Waals surface area contributed by atoms with Crippen molar-refractivity contribution in [2.24, 2.45) is 5.18 Å². The van der Waals surface area contributed by atoms with Crippen LogP contribution in [0.1, 0.15) is 31.8 Å². The average Bonchev–Trinajstić information content (AvgIpc) is 2.82. The third kappa shape index (κ3) is 2.49. The lowest BCUT2D eigenvalue weighted by Gasteiger charge is -2.14. The van der Waals surface area contributed by atoms with E-state index in [0.29, 0.717) is 6.42 Å². The first-order chi connectivity index (χ1) is 11.2. The van der Waals surface area contributed by atoms with Crippen LogP contribution in [0.5, 0.6) is 0 Å². The molecule has 6 nitrogen and oxygen atoms in total. The van der Waals surface area contributed by atoms with Crippen LogP contribution in [0.25, 0.3) is 0 Å². The number of nitriles is 1. The largest absolute Gasteiger partial charge is 0.270 e. The molecule has 1 heterocycles. The summed E-state index contributed by atoms with van der Waals surface area (Å²) < 4.78 is 0. The summed E-state index contributed by atoms with van der Waals surface area (Å²) in [5.41, 5.74) is 1.88. The molecular weight excluding hydrogens is 294 g/mol. The molecule has 0 saturated heterocycles. The second-order valence-electron chi connectivity index (χ2n) is 5.14. The number of nitrogens with zero attached hydrogens (tertiary/aromatic N) is 3. The number of nitroso groups, excluding NO2 is 1. The molecule has 23 heavy (non-hydrogen) atoms. The number of rotatable bonds is 4. The van der Waals surface area contributed by atoms with Gasteiger partial charge in [-0.1, -0.05) is 30.3 Å². The second-order valence-corrected chi connectivity index (χ2v) is 5.14. The molecular formula is C17H11N3O3. The highest BCUT2D eigenvalue weighted by atomic mass is 16.3. The van der Waals surface area contributed by atoms with E-state index in [1.165, 1.54) is 18.2 Å². The summed E-state index contributed by atoms with van der Waals surface area (Å²) in [5, 5.41) is 11.5. The van der Waals surface area contributed by atoms with Crippen molar-refractivity contribution in [1.82, 2.24) is 4.90 Å². The van der Waals surface area contributed by atoms with Crippen LogP contribution in [0.15, 0.2) is 47.6 Å². The van der Waals surface area contributed by atoms with Crippen LogP contribution in [-0.2, 0) is 13.0 Å². The van der Waals surface area contributed by atoms with E-state index in [4.69, 9.17) is 5.26 Å². The zero-order chi connectivity index (χ0) is 16.4. The standard InChI is InChI=1S/C17H11N3O3/c18-9-8-11-4-6-12(7-5-11)10-20-16(21)13-2-1-3-14(19-23)15(13)17(20)22/h1-7H,8,10H2. The Hall–Kier alpha value is -3.33. The number of carbonyl (C=O) groups is 2. The van der Waals surface area contributed by atoms with E-state index in [-0.39, 0.29) is 23.4 Å². The summed E-state index contributed by atoms with van der Waals surface area (Å²) in [6.07, 6.45) is 0.307. The lowest BCUT2D eigenvalue weighted by molar-refractivity contribution is 0.0642. The normalized spacial score (nSPS) is 12.9. The fourth-order valence-corrected chi connectivity index (χ4v) is 2.57. The Bertz CT molecular complexity index is 850. The number of hydrogen-bond acceptors (Lipinski definition) is 5. The zero-order valence-corrected chi connectivity index (χ0v) is 12.0. The Morgan fingerprint density at radius 1 is 1.00 bits per heavy atom. The van der Waals surface area contributed by atoms with Gasteiger partial charge in [0.1, 0.15) is 5.69 Å². The molecule has 0 atom stereocenters. The Labute approximate surface area is 131 Å². The maximum absolute atomic E-state index is 12.4. The van der Waals surface area contributed by atoms with E-state index < -0.39 is 11.8 Å². The van der Waals surface area contributed by atoms with Crippen molar-refractivity contribution >= 4 is 17.5 Å². The van der Waals surface area contributed by atoms with Gasteiger partial charge < -0.3 is 0 Å². The fraction of sp³-hybridized carbons (Fsp3) is 0.118. The van der Waals surface area contributed by atoms with E-state index in [2.05, 4.69) is 11.2 Å². The maximum atomic E-state index is 12.4. The van der Waals surface area contributed by atoms with Crippen LogP contribution in [0.4, 0.5) is 5.69 Å². The molecule has 0 unspecified atom stereocenters. The van der Waals surface area contributed by atoms with E-state index >= 15 is 0 Å². The molecule has 112 valence electrons. The van der Waals surface area contributed by atoms with Crippen molar-refractivity contribution in [1.29, 1.82) is 5.26 Å². The smallest absolute Gasteiger partial charge is 0.264 e. The van der Waals surface area contributed by atoms with Crippen molar-refractivity contribution in [2.75, 3.05) is 0 Å². The highest BCUT2D eigenvalue weighted by Gasteiger charge is 2.37. The molecule has 3 rings (SSSR count). The first-order valence-corrected chi connectivity index (χ1v) is 6.93. The molecule has 0 aliphatic carbocycles. The van der Waals surface area contributed by atoms with Crippen molar-refractivity contribution in [3.05, 3.63) is 69.6 Å².